The second kappa shape index (κ2) is 8.84. The van der Waals surface area contributed by atoms with Crippen molar-refractivity contribution in [1.29, 1.82) is 0 Å². The lowest BCUT2D eigenvalue weighted by molar-refractivity contribution is -0.127. The molecule has 0 unspecified atom stereocenters. The summed E-state index contributed by atoms with van der Waals surface area (Å²) in [5.74, 6) is -0.503. The van der Waals surface area contributed by atoms with E-state index in [1.54, 1.807) is 30.3 Å². The smallest absolute Gasteiger partial charge is 0.294 e. The highest BCUT2D eigenvalue weighted by Gasteiger charge is 2.36. The second-order valence-corrected chi connectivity index (χ2v) is 8.32. The van der Waals surface area contributed by atoms with E-state index in [2.05, 4.69) is 5.32 Å². The number of anilines is 1. The third-order valence-corrected chi connectivity index (χ3v) is 5.90. The highest BCUT2D eigenvalue weighted by molar-refractivity contribution is 8.18. The Balaban J connectivity index is 1.44. The summed E-state index contributed by atoms with van der Waals surface area (Å²) in [6.45, 7) is 3.52. The third kappa shape index (κ3) is 4.65. The monoisotopic (exact) mass is 450 g/mol. The number of aryl methyl sites for hydroxylation is 2. The summed E-state index contributed by atoms with van der Waals surface area (Å²) >= 11 is 0.745. The van der Waals surface area contributed by atoms with Gasteiger partial charge in [0.1, 0.15) is 23.9 Å². The summed E-state index contributed by atoms with van der Waals surface area (Å²) < 4.78 is 18.8. The van der Waals surface area contributed by atoms with Gasteiger partial charge in [0.15, 0.2) is 0 Å². The molecule has 0 aliphatic carbocycles. The molecular weight excluding hydrogens is 431 g/mol. The van der Waals surface area contributed by atoms with Crippen molar-refractivity contribution in [2.24, 2.45) is 0 Å². The molecule has 0 spiro atoms. The Bertz CT molecular complexity index is 1250. The van der Waals surface area contributed by atoms with Crippen LogP contribution >= 0.6 is 11.8 Å². The number of carbonyl (C=O) groups excluding carboxylic acids is 3. The first-order valence-corrected chi connectivity index (χ1v) is 10.6. The Morgan fingerprint density at radius 2 is 1.81 bits per heavy atom. The average molecular weight is 450 g/mol. The molecule has 0 atom stereocenters. The highest BCUT2D eigenvalue weighted by atomic mass is 32.2. The van der Waals surface area contributed by atoms with Crippen molar-refractivity contribution < 1.29 is 23.2 Å². The van der Waals surface area contributed by atoms with Crippen molar-refractivity contribution in [1.82, 2.24) is 4.90 Å². The molecule has 8 heteroatoms. The van der Waals surface area contributed by atoms with Crippen LogP contribution in [0.1, 0.15) is 16.9 Å². The molecule has 1 fully saturated rings. The Labute approximate surface area is 188 Å². The zero-order valence-corrected chi connectivity index (χ0v) is 18.2. The van der Waals surface area contributed by atoms with Crippen molar-refractivity contribution >= 4 is 40.6 Å². The maximum absolute atomic E-state index is 13.1. The first-order chi connectivity index (χ1) is 15.3. The zero-order chi connectivity index (χ0) is 22.8. The molecule has 162 valence electrons. The van der Waals surface area contributed by atoms with Crippen LogP contribution in [-0.2, 0) is 9.59 Å². The predicted octanol–water partition coefficient (Wildman–Crippen LogP) is 5.38. The van der Waals surface area contributed by atoms with Crippen LogP contribution in [-0.4, -0.2) is 28.5 Å². The number of rotatable bonds is 5. The van der Waals surface area contributed by atoms with Gasteiger partial charge in [-0.3, -0.25) is 19.3 Å². The molecule has 4 rings (SSSR count). The summed E-state index contributed by atoms with van der Waals surface area (Å²) in [7, 11) is 0. The van der Waals surface area contributed by atoms with Gasteiger partial charge in [-0.25, -0.2) is 4.39 Å². The van der Waals surface area contributed by atoms with Crippen LogP contribution in [0.15, 0.2) is 63.9 Å². The lowest BCUT2D eigenvalue weighted by atomic mass is 10.1. The Hall–Kier alpha value is -3.65. The fraction of sp³-hybridized carbons (Fsp3) is 0.125. The van der Waals surface area contributed by atoms with E-state index in [-0.39, 0.29) is 17.3 Å². The van der Waals surface area contributed by atoms with Crippen LogP contribution in [0, 0.1) is 19.7 Å². The predicted molar refractivity (Wildman–Crippen MR) is 121 cm³/mol. The van der Waals surface area contributed by atoms with E-state index in [0.29, 0.717) is 22.8 Å². The van der Waals surface area contributed by atoms with Gasteiger partial charge in [0.2, 0.25) is 5.91 Å². The topological polar surface area (TPSA) is 79.6 Å². The Morgan fingerprint density at radius 3 is 2.53 bits per heavy atom. The molecule has 3 aromatic rings. The first-order valence-electron chi connectivity index (χ1n) is 9.78. The minimum atomic E-state index is -0.560. The summed E-state index contributed by atoms with van der Waals surface area (Å²) in [5, 5.41) is 2.18. The van der Waals surface area contributed by atoms with Crippen LogP contribution in [0.4, 0.5) is 14.9 Å². The molecule has 1 N–H and O–H groups in total. The number of nitrogens with zero attached hydrogens (tertiary/aromatic N) is 1. The largest absolute Gasteiger partial charge is 0.457 e. The van der Waals surface area contributed by atoms with Gasteiger partial charge in [0.05, 0.1) is 4.91 Å². The quantitative estimate of drug-likeness (QED) is 0.528. The van der Waals surface area contributed by atoms with Gasteiger partial charge >= 0.3 is 0 Å². The van der Waals surface area contributed by atoms with Crippen LogP contribution in [0.25, 0.3) is 17.4 Å². The van der Waals surface area contributed by atoms with Crippen molar-refractivity contribution in [3.63, 3.8) is 0 Å². The molecule has 1 saturated heterocycles. The van der Waals surface area contributed by atoms with E-state index in [0.717, 1.165) is 27.8 Å². The number of hydrogen-bond donors (Lipinski definition) is 1. The number of hydrogen-bond acceptors (Lipinski definition) is 5. The number of thioether (sulfide) groups is 1. The van der Waals surface area contributed by atoms with Gasteiger partial charge in [0, 0.05) is 17.3 Å². The van der Waals surface area contributed by atoms with Crippen LogP contribution in [0.2, 0.25) is 0 Å². The van der Waals surface area contributed by atoms with Crippen molar-refractivity contribution in [2.45, 2.75) is 13.8 Å². The molecule has 0 bridgehead atoms. The minimum absolute atomic E-state index is 0.161. The van der Waals surface area contributed by atoms with Gasteiger partial charge in [0.25, 0.3) is 11.1 Å². The molecule has 1 aromatic heterocycles. The lowest BCUT2D eigenvalue weighted by Gasteiger charge is -2.13. The molecular formula is C24H19FN2O4S. The SMILES string of the molecule is Cc1ccc(NC(=O)CN2C(=O)S/C(=C/c3ccc(-c4ccc(F)cc4)o3)C2=O)cc1C. The molecule has 32 heavy (non-hydrogen) atoms. The van der Waals surface area contributed by atoms with E-state index in [1.807, 2.05) is 26.0 Å². The molecule has 2 heterocycles. The summed E-state index contributed by atoms with van der Waals surface area (Å²) in [6.07, 6.45) is 1.46. The highest BCUT2D eigenvalue weighted by Crippen LogP contribution is 2.33. The van der Waals surface area contributed by atoms with Crippen molar-refractivity contribution in [2.75, 3.05) is 11.9 Å². The molecule has 6 nitrogen and oxygen atoms in total. The number of nitrogens with one attached hydrogen (secondary N) is 1. The fourth-order valence-electron chi connectivity index (χ4n) is 3.13. The van der Waals surface area contributed by atoms with Crippen LogP contribution in [0.5, 0.6) is 0 Å². The maximum Gasteiger partial charge on any atom is 0.294 e. The molecule has 0 saturated carbocycles. The molecule has 1 aliphatic rings. The fourth-order valence-corrected chi connectivity index (χ4v) is 3.95. The minimum Gasteiger partial charge on any atom is -0.457 e. The Kier molecular flexibility index (Phi) is 5.96. The summed E-state index contributed by atoms with van der Waals surface area (Å²) in [6, 6.07) is 14.6. The van der Waals surface area contributed by atoms with E-state index < -0.39 is 17.1 Å². The molecule has 1 aliphatic heterocycles. The first kappa shape index (κ1) is 21.6. The van der Waals surface area contributed by atoms with Crippen molar-refractivity contribution in [3.8, 4) is 11.3 Å². The zero-order valence-electron chi connectivity index (χ0n) is 17.3. The Morgan fingerprint density at radius 1 is 1.06 bits per heavy atom. The molecule has 2 aromatic carbocycles. The number of furan rings is 1. The van der Waals surface area contributed by atoms with Crippen LogP contribution in [0.3, 0.4) is 0 Å². The third-order valence-electron chi connectivity index (χ3n) is 4.99. The number of amides is 3. The average Bonchev–Trinajstić information content (AvgIpc) is 3.32. The number of carbonyl (C=O) groups is 3. The standard InChI is InChI=1S/C24H19FN2O4S/c1-14-3-8-18(11-15(14)2)26-22(28)13-27-23(29)21(32-24(27)30)12-19-9-10-20(31-19)16-4-6-17(25)7-5-16/h3-12H,13H2,1-2H3,(H,26,28)/b21-12+. The van der Waals surface area contributed by atoms with E-state index >= 15 is 0 Å². The van der Waals surface area contributed by atoms with Crippen molar-refractivity contribution in [3.05, 3.63) is 82.2 Å². The van der Waals surface area contributed by atoms with E-state index in [4.69, 9.17) is 4.42 Å². The van der Waals surface area contributed by atoms with Gasteiger partial charge in [-0.1, -0.05) is 6.07 Å². The summed E-state index contributed by atoms with van der Waals surface area (Å²) in [5.41, 5.74) is 3.40. The van der Waals surface area contributed by atoms with Gasteiger partial charge in [-0.15, -0.1) is 0 Å². The van der Waals surface area contributed by atoms with E-state index in [9.17, 15) is 18.8 Å². The molecule has 0 radical (unpaired) electrons. The van der Waals surface area contributed by atoms with E-state index in [1.165, 1.54) is 18.2 Å². The normalized spacial score (nSPS) is 15.0. The number of halogens is 1. The maximum atomic E-state index is 13.1. The second-order valence-electron chi connectivity index (χ2n) is 7.32. The van der Waals surface area contributed by atoms with Gasteiger partial charge < -0.3 is 9.73 Å². The number of imide groups is 1. The van der Waals surface area contributed by atoms with Gasteiger partial charge in [-0.2, -0.15) is 0 Å². The number of benzene rings is 2. The van der Waals surface area contributed by atoms with Gasteiger partial charge in [-0.05, 0) is 85.3 Å². The molecule has 3 amide bonds. The van der Waals surface area contributed by atoms with Crippen LogP contribution < -0.4 is 5.32 Å². The summed E-state index contributed by atoms with van der Waals surface area (Å²) in [4.78, 5) is 38.4. The lowest BCUT2D eigenvalue weighted by Crippen LogP contribution is -2.36.